The summed E-state index contributed by atoms with van der Waals surface area (Å²) in [6, 6.07) is 16.6. The number of carbonyl (C=O) groups excluding carboxylic acids is 1. The molecule has 18 heteroatoms. The largest absolute Gasteiger partial charge is 0.508 e. The van der Waals surface area contributed by atoms with Gasteiger partial charge in [-0.05, 0) is 75.3 Å². The third kappa shape index (κ3) is 8.42. The Morgan fingerprint density at radius 3 is 2.36 bits per heavy atom. The monoisotopic (exact) mass is 843 g/mol. The average molecular weight is 844 g/mol. The number of nitrogens with zero attached hydrogens (tertiary/aromatic N) is 1. The van der Waals surface area contributed by atoms with Crippen molar-refractivity contribution in [3.8, 4) is 33.9 Å². The normalized spacial score (nSPS) is 21.1. The molecule has 18 nitrogen and oxygen atoms in total. The van der Waals surface area contributed by atoms with E-state index in [0.717, 1.165) is 16.7 Å². The van der Waals surface area contributed by atoms with Gasteiger partial charge in [0.15, 0.2) is 17.5 Å². The van der Waals surface area contributed by atoms with Crippen LogP contribution in [0.4, 0.5) is 0 Å². The molecular formula is C43H45N3O15. The van der Waals surface area contributed by atoms with Gasteiger partial charge < -0.3 is 69.5 Å². The molecule has 1 aliphatic heterocycles. The number of aliphatic hydroxyl groups excluding tert-OH is 4. The van der Waals surface area contributed by atoms with E-state index in [9.17, 15) is 50.1 Å². The van der Waals surface area contributed by atoms with E-state index in [2.05, 4.69) is 10.3 Å². The molecule has 4 heterocycles. The number of esters is 1. The lowest BCUT2D eigenvalue weighted by Crippen LogP contribution is -2.69. The summed E-state index contributed by atoms with van der Waals surface area (Å²) in [4.78, 5) is 48.8. The molecule has 0 amide bonds. The van der Waals surface area contributed by atoms with E-state index in [0.29, 0.717) is 22.2 Å². The minimum Gasteiger partial charge on any atom is -0.508 e. The number of aromatic amines is 1. The fraction of sp³-hybridized carbons (Fsp3) is 0.326. The molecule has 322 valence electrons. The van der Waals surface area contributed by atoms with Crippen LogP contribution in [0.1, 0.15) is 17.5 Å². The van der Waals surface area contributed by atoms with Crippen LogP contribution in [0.15, 0.2) is 94.6 Å². The van der Waals surface area contributed by atoms with Crippen LogP contribution in [0.2, 0.25) is 0 Å². The van der Waals surface area contributed by atoms with Crippen molar-refractivity contribution in [2.24, 2.45) is 5.92 Å². The number of aromatic nitrogens is 2. The van der Waals surface area contributed by atoms with Crippen LogP contribution in [0.25, 0.3) is 44.3 Å². The lowest BCUT2D eigenvalue weighted by atomic mass is 9.92. The molecule has 8 atom stereocenters. The Balaban J connectivity index is 1.27. The fourth-order valence-corrected chi connectivity index (χ4v) is 7.64. The molecule has 0 saturated carbocycles. The summed E-state index contributed by atoms with van der Waals surface area (Å²) in [6.07, 6.45) is -5.51. The number of hydrogen-bond donors (Lipinski definition) is 9. The number of ether oxygens (including phenoxy) is 3. The molecule has 1 fully saturated rings. The van der Waals surface area contributed by atoms with Crippen LogP contribution in [0.3, 0.4) is 0 Å². The van der Waals surface area contributed by atoms with Gasteiger partial charge in [0.1, 0.15) is 47.9 Å². The predicted octanol–water partition coefficient (Wildman–Crippen LogP) is 1.95. The Kier molecular flexibility index (Phi) is 12.2. The first-order valence-corrected chi connectivity index (χ1v) is 19.2. The number of carboxylic acids is 1. The van der Waals surface area contributed by atoms with E-state index in [1.807, 2.05) is 32.0 Å². The summed E-state index contributed by atoms with van der Waals surface area (Å²) in [5.41, 5.74) is 4.18. The highest BCUT2D eigenvalue weighted by Crippen LogP contribution is 2.36. The first-order valence-electron chi connectivity index (χ1n) is 19.2. The number of carboxylic acid groups (broad SMARTS) is 1. The van der Waals surface area contributed by atoms with Crippen molar-refractivity contribution in [2.75, 3.05) is 20.3 Å². The summed E-state index contributed by atoms with van der Waals surface area (Å²) >= 11 is 0. The first-order chi connectivity index (χ1) is 29.2. The van der Waals surface area contributed by atoms with Gasteiger partial charge in [-0.1, -0.05) is 29.3 Å². The fourth-order valence-electron chi connectivity index (χ4n) is 7.64. The minimum atomic E-state index is -3.19. The van der Waals surface area contributed by atoms with Crippen LogP contribution in [0, 0.1) is 19.8 Å². The number of benzene rings is 3. The second kappa shape index (κ2) is 17.4. The molecule has 3 aromatic carbocycles. The van der Waals surface area contributed by atoms with Crippen LogP contribution < -0.4 is 20.3 Å². The van der Waals surface area contributed by atoms with E-state index >= 15 is 0 Å². The molecule has 1 saturated heterocycles. The average Bonchev–Trinajstić information content (AvgIpc) is 3.81. The summed E-state index contributed by atoms with van der Waals surface area (Å²) < 4.78 is 24.7. The molecular weight excluding hydrogens is 798 g/mol. The highest BCUT2D eigenvalue weighted by atomic mass is 16.8. The van der Waals surface area contributed by atoms with Crippen LogP contribution in [0.5, 0.6) is 11.5 Å². The second-order valence-electron chi connectivity index (χ2n) is 14.9. The van der Waals surface area contributed by atoms with Gasteiger partial charge in [0, 0.05) is 35.9 Å². The van der Waals surface area contributed by atoms with Crippen molar-refractivity contribution >= 4 is 33.8 Å². The van der Waals surface area contributed by atoms with Gasteiger partial charge in [-0.2, -0.15) is 4.73 Å². The van der Waals surface area contributed by atoms with Gasteiger partial charge in [0.05, 0.1) is 22.7 Å². The van der Waals surface area contributed by atoms with Crippen LogP contribution in [-0.2, 0) is 19.1 Å². The zero-order valence-corrected chi connectivity index (χ0v) is 33.1. The third-order valence-electron chi connectivity index (χ3n) is 10.6. The zero-order valence-electron chi connectivity index (χ0n) is 33.1. The molecule has 1 aliphatic rings. The number of aromatic hydroxyl groups is 1. The SMILES string of the molecule is CNC(CCO)C(C(=O)O)C(=O)OC(O)(CO)C1OC(Oc2ccc3c(=O)c(-c4ccc(O)cc4)coc3c2)C(On2cc3cc[nH]c3c2-c2cc(C)cc(C)c2)C(O)C1O. The Hall–Kier alpha value is -6.25. The number of aliphatic carboxylic acids is 1. The Morgan fingerprint density at radius 1 is 0.984 bits per heavy atom. The third-order valence-corrected chi connectivity index (χ3v) is 10.6. The smallest absolute Gasteiger partial charge is 0.324 e. The van der Waals surface area contributed by atoms with Crippen LogP contribution >= 0.6 is 0 Å². The number of carbonyl (C=O) groups is 2. The maximum absolute atomic E-state index is 13.5. The Bertz CT molecular complexity index is 2580. The number of phenols is 1. The second-order valence-corrected chi connectivity index (χ2v) is 14.9. The lowest BCUT2D eigenvalue weighted by Gasteiger charge is -2.46. The minimum absolute atomic E-state index is 0.0131. The van der Waals surface area contributed by atoms with Crippen molar-refractivity contribution in [1.29, 1.82) is 0 Å². The van der Waals surface area contributed by atoms with Crippen molar-refractivity contribution in [3.63, 3.8) is 0 Å². The number of aliphatic hydroxyl groups is 5. The van der Waals surface area contributed by atoms with Gasteiger partial charge in [-0.25, -0.2) is 0 Å². The molecule has 0 spiro atoms. The maximum Gasteiger partial charge on any atom is 0.324 e. The number of rotatable bonds is 15. The van der Waals surface area contributed by atoms with E-state index in [1.165, 1.54) is 48.4 Å². The quantitative estimate of drug-likeness (QED) is 0.0406. The van der Waals surface area contributed by atoms with Gasteiger partial charge in [0.2, 0.25) is 12.4 Å². The number of aryl methyl sites for hydroxylation is 2. The number of nitrogens with one attached hydrogen (secondary N) is 2. The standard InChI is InChI=1S/C43H45N3O15/c1-21-14-22(2)16-25(15-21)34-33-24(10-12-45-33)18-46(34)61-38-36(51)37(52)39(43(56,20-48)60-41(55)32(40(53)54)30(44-3)11-13-47)59-42(38)58-27-8-9-28-31(17-27)57-19-29(35(28)50)23-4-6-26(49)7-5-23/h4-10,12,14-19,30,32,36-39,42,44-45,47-49,51-52,56H,11,13,20H2,1-3H3,(H,53,54). The van der Waals surface area contributed by atoms with Gasteiger partial charge in [-0.15, -0.1) is 0 Å². The number of hydrogen-bond acceptors (Lipinski definition) is 15. The van der Waals surface area contributed by atoms with Gasteiger partial charge >= 0.3 is 11.9 Å². The summed E-state index contributed by atoms with van der Waals surface area (Å²) in [6.45, 7) is 1.89. The zero-order chi connectivity index (χ0) is 43.7. The maximum atomic E-state index is 13.5. The Morgan fingerprint density at radius 2 is 1.70 bits per heavy atom. The van der Waals surface area contributed by atoms with Gasteiger partial charge in [-0.3, -0.25) is 14.4 Å². The number of H-pyrrole nitrogens is 1. The van der Waals surface area contributed by atoms with Crippen LogP contribution in [-0.4, -0.2) is 120 Å². The molecule has 61 heavy (non-hydrogen) atoms. The highest BCUT2D eigenvalue weighted by Gasteiger charge is 2.58. The molecule has 0 aliphatic carbocycles. The topological polar surface area (TPSA) is 276 Å². The van der Waals surface area contributed by atoms with E-state index in [-0.39, 0.29) is 34.5 Å². The summed E-state index contributed by atoms with van der Waals surface area (Å²) in [5, 5.41) is 78.1. The molecule has 3 aromatic heterocycles. The van der Waals surface area contributed by atoms with E-state index in [1.54, 1.807) is 30.6 Å². The first kappa shape index (κ1) is 42.9. The molecule has 7 rings (SSSR count). The predicted molar refractivity (Wildman–Crippen MR) is 216 cm³/mol. The Labute approximate surface area is 346 Å². The number of phenolic OH excluding ortho intramolecular Hbond substituents is 1. The highest BCUT2D eigenvalue weighted by molar-refractivity contribution is 5.95. The van der Waals surface area contributed by atoms with Crippen molar-refractivity contribution in [2.45, 2.75) is 62.8 Å². The molecule has 0 bridgehead atoms. The molecule has 9 N–H and O–H groups in total. The van der Waals surface area contributed by atoms with Crippen molar-refractivity contribution in [3.05, 3.63) is 107 Å². The van der Waals surface area contributed by atoms with E-state index in [4.69, 9.17) is 23.5 Å². The van der Waals surface area contributed by atoms with Gasteiger partial charge in [0.25, 0.3) is 5.79 Å². The number of fused-ring (bicyclic) bond motifs is 2. The molecule has 8 unspecified atom stereocenters. The van der Waals surface area contributed by atoms with Crippen molar-refractivity contribution < 1.29 is 68.8 Å². The molecule has 6 aromatic rings. The molecule has 0 radical (unpaired) electrons. The van der Waals surface area contributed by atoms with Crippen molar-refractivity contribution in [1.82, 2.24) is 15.0 Å². The summed E-state index contributed by atoms with van der Waals surface area (Å²) in [7, 11) is 1.35. The summed E-state index contributed by atoms with van der Waals surface area (Å²) in [5.74, 6) is -8.45. The van der Waals surface area contributed by atoms with E-state index < -0.39 is 79.0 Å². The lowest BCUT2D eigenvalue weighted by molar-refractivity contribution is -0.356.